The summed E-state index contributed by atoms with van der Waals surface area (Å²) in [5.41, 5.74) is 2.04. The molecular weight excluding hydrogens is 250 g/mol. The van der Waals surface area contributed by atoms with Crippen molar-refractivity contribution < 1.29 is 8.42 Å². The third-order valence-electron chi connectivity index (χ3n) is 2.56. The maximum absolute atomic E-state index is 10.7. The van der Waals surface area contributed by atoms with Gasteiger partial charge in [0.1, 0.15) is 0 Å². The van der Waals surface area contributed by atoms with Gasteiger partial charge in [-0.15, -0.1) is 0 Å². The summed E-state index contributed by atoms with van der Waals surface area (Å²) in [6.07, 6.45) is 1.76. The molecule has 3 N–H and O–H groups in total. The number of pyridine rings is 1. The van der Waals surface area contributed by atoms with Gasteiger partial charge in [-0.25, -0.2) is 13.6 Å². The second-order valence-corrected chi connectivity index (χ2v) is 5.81. The number of nitrogens with two attached hydrogens (primary N) is 1. The van der Waals surface area contributed by atoms with E-state index < -0.39 is 10.0 Å². The van der Waals surface area contributed by atoms with Crippen LogP contribution in [0.2, 0.25) is 0 Å². The highest BCUT2D eigenvalue weighted by atomic mass is 32.2. The Balaban J connectivity index is 1.96. The van der Waals surface area contributed by atoms with Crippen molar-refractivity contribution in [3.8, 4) is 0 Å². The van der Waals surface area contributed by atoms with Crippen LogP contribution >= 0.6 is 0 Å². The first-order valence-corrected chi connectivity index (χ1v) is 7.31. The van der Waals surface area contributed by atoms with E-state index in [0.717, 1.165) is 16.5 Å². The van der Waals surface area contributed by atoms with Gasteiger partial charge in [-0.05, 0) is 23.8 Å². The quantitative estimate of drug-likeness (QED) is 0.776. The molecule has 0 amide bonds. The first-order chi connectivity index (χ1) is 8.54. The lowest BCUT2D eigenvalue weighted by molar-refractivity contribution is 0.592. The van der Waals surface area contributed by atoms with E-state index >= 15 is 0 Å². The van der Waals surface area contributed by atoms with Crippen LogP contribution in [0.3, 0.4) is 0 Å². The van der Waals surface area contributed by atoms with Gasteiger partial charge in [0.25, 0.3) is 0 Å². The van der Waals surface area contributed by atoms with Gasteiger partial charge in [0.15, 0.2) is 0 Å². The molecule has 0 saturated carbocycles. The van der Waals surface area contributed by atoms with Crippen molar-refractivity contribution in [1.82, 2.24) is 10.3 Å². The Morgan fingerprint density at radius 2 is 2.11 bits per heavy atom. The summed E-state index contributed by atoms with van der Waals surface area (Å²) in [7, 11) is -3.39. The molecule has 2 aromatic rings. The Bertz CT molecular complexity index is 641. The van der Waals surface area contributed by atoms with Gasteiger partial charge in [-0.1, -0.05) is 12.1 Å². The van der Waals surface area contributed by atoms with Gasteiger partial charge >= 0.3 is 0 Å². The second-order valence-electron chi connectivity index (χ2n) is 4.07. The molecule has 0 saturated heterocycles. The van der Waals surface area contributed by atoms with Crippen LogP contribution in [0.25, 0.3) is 10.9 Å². The average Bonchev–Trinajstić information content (AvgIpc) is 2.33. The molecule has 0 fully saturated rings. The van der Waals surface area contributed by atoms with Crippen LogP contribution in [-0.2, 0) is 16.6 Å². The van der Waals surface area contributed by atoms with Gasteiger partial charge in [-0.3, -0.25) is 4.98 Å². The lowest BCUT2D eigenvalue weighted by atomic mass is 10.1. The van der Waals surface area contributed by atoms with Crippen LogP contribution < -0.4 is 10.5 Å². The highest BCUT2D eigenvalue weighted by Crippen LogP contribution is 2.12. The number of nitrogens with zero attached hydrogens (tertiary/aromatic N) is 1. The largest absolute Gasteiger partial charge is 0.312 e. The molecule has 6 heteroatoms. The highest BCUT2D eigenvalue weighted by Gasteiger charge is 2.01. The SMILES string of the molecule is NS(=O)(=O)CCNCc1ccc2ncccc2c1. The van der Waals surface area contributed by atoms with E-state index in [1.807, 2.05) is 30.3 Å². The number of rotatable bonds is 5. The maximum Gasteiger partial charge on any atom is 0.210 e. The summed E-state index contributed by atoms with van der Waals surface area (Å²) in [6.45, 7) is 0.963. The predicted molar refractivity (Wildman–Crippen MR) is 71.4 cm³/mol. The number of hydrogen-bond acceptors (Lipinski definition) is 4. The molecule has 5 nitrogen and oxygen atoms in total. The number of benzene rings is 1. The summed E-state index contributed by atoms with van der Waals surface area (Å²) < 4.78 is 21.5. The van der Waals surface area contributed by atoms with Gasteiger partial charge in [0.05, 0.1) is 11.3 Å². The molecule has 0 radical (unpaired) electrons. The fourth-order valence-corrected chi connectivity index (χ4v) is 2.11. The first kappa shape index (κ1) is 12.9. The number of sulfonamides is 1. The van der Waals surface area contributed by atoms with E-state index in [0.29, 0.717) is 13.1 Å². The van der Waals surface area contributed by atoms with E-state index in [9.17, 15) is 8.42 Å². The zero-order chi connectivity index (χ0) is 13.0. The minimum atomic E-state index is -3.39. The first-order valence-electron chi connectivity index (χ1n) is 5.59. The van der Waals surface area contributed by atoms with Crippen molar-refractivity contribution in [3.63, 3.8) is 0 Å². The number of hydrogen-bond donors (Lipinski definition) is 2. The number of nitrogens with one attached hydrogen (secondary N) is 1. The summed E-state index contributed by atoms with van der Waals surface area (Å²) in [6, 6.07) is 9.84. The lowest BCUT2D eigenvalue weighted by Gasteiger charge is -2.05. The molecular formula is C12H15N3O2S. The number of fused-ring (bicyclic) bond motifs is 1. The van der Waals surface area contributed by atoms with E-state index in [4.69, 9.17) is 5.14 Å². The van der Waals surface area contributed by atoms with E-state index in [1.54, 1.807) is 6.20 Å². The molecule has 0 aliphatic carbocycles. The highest BCUT2D eigenvalue weighted by molar-refractivity contribution is 7.89. The van der Waals surface area contributed by atoms with Crippen molar-refractivity contribution >= 4 is 20.9 Å². The number of aromatic nitrogens is 1. The topological polar surface area (TPSA) is 85.1 Å². The molecule has 1 aromatic heterocycles. The van der Waals surface area contributed by atoms with Crippen LogP contribution in [0.15, 0.2) is 36.5 Å². The molecule has 96 valence electrons. The Labute approximate surface area is 106 Å². The molecule has 2 rings (SSSR count). The molecule has 0 unspecified atom stereocenters. The monoisotopic (exact) mass is 265 g/mol. The molecule has 0 spiro atoms. The van der Waals surface area contributed by atoms with Crippen LogP contribution in [0.4, 0.5) is 0 Å². The molecule has 0 bridgehead atoms. The van der Waals surface area contributed by atoms with Crippen molar-refractivity contribution in [3.05, 3.63) is 42.1 Å². The third kappa shape index (κ3) is 3.76. The Hall–Kier alpha value is -1.50. The summed E-state index contributed by atoms with van der Waals surface area (Å²) in [4.78, 5) is 4.23. The minimum absolute atomic E-state index is 0.0534. The fourth-order valence-electron chi connectivity index (χ4n) is 1.68. The molecule has 0 aliphatic rings. The summed E-state index contributed by atoms with van der Waals surface area (Å²) in [5, 5.41) is 9.03. The minimum Gasteiger partial charge on any atom is -0.312 e. The second kappa shape index (κ2) is 5.43. The van der Waals surface area contributed by atoms with Gasteiger partial charge in [0.2, 0.25) is 10.0 Å². The smallest absolute Gasteiger partial charge is 0.210 e. The standard InChI is InChI=1S/C12H15N3O2S/c13-18(16,17)7-6-14-9-10-3-4-12-11(8-10)2-1-5-15-12/h1-5,8,14H,6-7,9H2,(H2,13,16,17). The maximum atomic E-state index is 10.7. The van der Waals surface area contributed by atoms with Gasteiger partial charge in [-0.2, -0.15) is 0 Å². The molecule has 0 aliphatic heterocycles. The third-order valence-corrected chi connectivity index (χ3v) is 3.33. The van der Waals surface area contributed by atoms with Crippen LogP contribution in [-0.4, -0.2) is 25.7 Å². The zero-order valence-corrected chi connectivity index (χ0v) is 10.7. The van der Waals surface area contributed by atoms with E-state index in [1.165, 1.54) is 0 Å². The van der Waals surface area contributed by atoms with E-state index in [-0.39, 0.29) is 5.75 Å². The van der Waals surface area contributed by atoms with Crippen molar-refractivity contribution in [2.75, 3.05) is 12.3 Å². The van der Waals surface area contributed by atoms with Crippen LogP contribution in [0.1, 0.15) is 5.56 Å². The van der Waals surface area contributed by atoms with Crippen LogP contribution in [0, 0.1) is 0 Å². The summed E-state index contributed by atoms with van der Waals surface area (Å²) in [5.74, 6) is -0.0534. The van der Waals surface area contributed by atoms with Gasteiger partial charge in [0, 0.05) is 24.7 Å². The molecule has 0 atom stereocenters. The molecule has 18 heavy (non-hydrogen) atoms. The Morgan fingerprint density at radius 1 is 1.28 bits per heavy atom. The molecule has 1 heterocycles. The van der Waals surface area contributed by atoms with Crippen molar-refractivity contribution in [1.29, 1.82) is 0 Å². The molecule has 1 aromatic carbocycles. The predicted octanol–water partition coefficient (Wildman–Crippen LogP) is 0.613. The Morgan fingerprint density at radius 3 is 2.89 bits per heavy atom. The van der Waals surface area contributed by atoms with Crippen molar-refractivity contribution in [2.24, 2.45) is 5.14 Å². The van der Waals surface area contributed by atoms with Crippen molar-refractivity contribution in [2.45, 2.75) is 6.54 Å². The zero-order valence-electron chi connectivity index (χ0n) is 9.83. The Kier molecular flexibility index (Phi) is 3.90. The fraction of sp³-hybridized carbons (Fsp3) is 0.250. The number of primary sulfonamides is 1. The van der Waals surface area contributed by atoms with Crippen LogP contribution in [0.5, 0.6) is 0 Å². The lowest BCUT2D eigenvalue weighted by Crippen LogP contribution is -2.26. The average molecular weight is 265 g/mol. The normalized spacial score (nSPS) is 11.8. The summed E-state index contributed by atoms with van der Waals surface area (Å²) >= 11 is 0. The van der Waals surface area contributed by atoms with Gasteiger partial charge < -0.3 is 5.32 Å². The van der Waals surface area contributed by atoms with E-state index in [2.05, 4.69) is 10.3 Å².